The zero-order valence-electron chi connectivity index (χ0n) is 12.1. The number of ether oxygens (including phenoxy) is 2. The fourth-order valence-corrected chi connectivity index (χ4v) is 1.36. The molecule has 5 N–H and O–H groups in total. The van der Waals surface area contributed by atoms with E-state index in [1.807, 2.05) is 0 Å². The molecule has 0 heterocycles. The van der Waals surface area contributed by atoms with E-state index >= 15 is 0 Å². The smallest absolute Gasteiger partial charge is 0.412 e. The summed E-state index contributed by atoms with van der Waals surface area (Å²) < 4.78 is 9.30. The van der Waals surface area contributed by atoms with Crippen LogP contribution in [0.5, 0.6) is 0 Å². The number of carbonyl (C=O) groups is 3. The van der Waals surface area contributed by atoms with Crippen molar-refractivity contribution in [3.8, 4) is 0 Å². The van der Waals surface area contributed by atoms with Gasteiger partial charge >= 0.3 is 18.2 Å². The maximum atomic E-state index is 11.6. The normalized spacial score (nSPS) is 12.4. The molecule has 0 aromatic carbocycles. The molecule has 0 radical (unpaired) electrons. The first-order chi connectivity index (χ1) is 9.15. The van der Waals surface area contributed by atoms with Crippen molar-refractivity contribution < 1.29 is 23.9 Å². The second kappa shape index (κ2) is 8.36. The van der Waals surface area contributed by atoms with Crippen LogP contribution in [0.3, 0.4) is 0 Å². The van der Waals surface area contributed by atoms with E-state index in [4.69, 9.17) is 16.2 Å². The van der Waals surface area contributed by atoms with Crippen molar-refractivity contribution in [1.82, 2.24) is 5.32 Å². The molecular formula is C12H23N3O5. The molecule has 116 valence electrons. The summed E-state index contributed by atoms with van der Waals surface area (Å²) in [4.78, 5) is 33.8. The molecule has 0 aromatic heterocycles. The van der Waals surface area contributed by atoms with Gasteiger partial charge in [-0.15, -0.1) is 0 Å². The molecule has 0 bridgehead atoms. The van der Waals surface area contributed by atoms with Crippen LogP contribution in [-0.4, -0.2) is 36.3 Å². The summed E-state index contributed by atoms with van der Waals surface area (Å²) in [6.07, 6.45) is -0.439. The topological polar surface area (TPSA) is 134 Å². The predicted octanol–water partition coefficient (Wildman–Crippen LogP) is 0.631. The average molecular weight is 289 g/mol. The van der Waals surface area contributed by atoms with Crippen LogP contribution in [0.15, 0.2) is 0 Å². The van der Waals surface area contributed by atoms with E-state index < -0.39 is 29.8 Å². The second-order valence-corrected chi connectivity index (χ2v) is 5.22. The van der Waals surface area contributed by atoms with Crippen molar-refractivity contribution >= 4 is 18.2 Å². The number of hydrogen-bond donors (Lipinski definition) is 3. The van der Waals surface area contributed by atoms with Gasteiger partial charge in [0, 0.05) is 0 Å². The molecule has 0 rings (SSSR count). The Bertz CT molecular complexity index is 351. The molecule has 0 aliphatic carbocycles. The molecule has 0 aliphatic heterocycles. The van der Waals surface area contributed by atoms with Crippen LogP contribution < -0.4 is 16.8 Å². The Morgan fingerprint density at radius 1 is 1.20 bits per heavy atom. The Labute approximate surface area is 118 Å². The summed E-state index contributed by atoms with van der Waals surface area (Å²) in [5.41, 5.74) is 9.43. The average Bonchev–Trinajstić information content (AvgIpc) is 2.24. The van der Waals surface area contributed by atoms with Crippen molar-refractivity contribution in [1.29, 1.82) is 0 Å². The molecule has 8 heteroatoms. The Hall–Kier alpha value is -1.83. The van der Waals surface area contributed by atoms with Crippen LogP contribution in [-0.2, 0) is 14.3 Å². The molecule has 20 heavy (non-hydrogen) atoms. The zero-order chi connectivity index (χ0) is 15.8. The number of carbonyl (C=O) groups excluding carboxylic acids is 3. The fraction of sp³-hybridized carbons (Fsp3) is 0.750. The summed E-state index contributed by atoms with van der Waals surface area (Å²) in [5, 5.41) is 2.35. The SMILES string of the molecule is CC(C)(C)OC(=O)NC(CCCCN)C(=O)OC(N)=O. The highest BCUT2D eigenvalue weighted by atomic mass is 16.6. The number of esters is 1. The molecule has 1 atom stereocenters. The Kier molecular flexibility index (Phi) is 7.60. The maximum absolute atomic E-state index is 11.6. The molecule has 0 fully saturated rings. The van der Waals surface area contributed by atoms with Gasteiger partial charge in [-0.05, 0) is 46.6 Å². The van der Waals surface area contributed by atoms with Gasteiger partial charge in [-0.3, -0.25) is 0 Å². The molecule has 0 saturated heterocycles. The molecule has 0 spiro atoms. The van der Waals surface area contributed by atoms with Crippen molar-refractivity contribution in [2.45, 2.75) is 51.7 Å². The lowest BCUT2D eigenvalue weighted by Crippen LogP contribution is -2.45. The van der Waals surface area contributed by atoms with E-state index in [1.165, 1.54) is 0 Å². The van der Waals surface area contributed by atoms with Crippen molar-refractivity contribution in [2.75, 3.05) is 6.54 Å². The summed E-state index contributed by atoms with van der Waals surface area (Å²) in [6.45, 7) is 5.54. The standard InChI is InChI=1S/C12H23N3O5/c1-12(2,3)20-11(18)15-8(6-4-5-7-13)9(16)19-10(14)17/h8H,4-7,13H2,1-3H3,(H2,14,17)(H,15,18). The van der Waals surface area contributed by atoms with E-state index in [-0.39, 0.29) is 6.42 Å². The van der Waals surface area contributed by atoms with E-state index in [1.54, 1.807) is 20.8 Å². The van der Waals surface area contributed by atoms with Gasteiger partial charge in [-0.2, -0.15) is 0 Å². The highest BCUT2D eigenvalue weighted by Gasteiger charge is 2.26. The van der Waals surface area contributed by atoms with E-state index in [0.29, 0.717) is 19.4 Å². The van der Waals surface area contributed by atoms with Gasteiger partial charge in [0.15, 0.2) is 0 Å². The van der Waals surface area contributed by atoms with Crippen LogP contribution in [0.2, 0.25) is 0 Å². The first-order valence-corrected chi connectivity index (χ1v) is 6.36. The van der Waals surface area contributed by atoms with E-state index in [2.05, 4.69) is 10.1 Å². The summed E-state index contributed by atoms with van der Waals surface area (Å²) in [6, 6.07) is -0.996. The Balaban J connectivity index is 4.55. The minimum Gasteiger partial charge on any atom is -0.444 e. The Morgan fingerprint density at radius 2 is 1.80 bits per heavy atom. The van der Waals surface area contributed by atoms with Gasteiger partial charge in [0.25, 0.3) is 0 Å². The van der Waals surface area contributed by atoms with Gasteiger partial charge in [0.05, 0.1) is 0 Å². The largest absolute Gasteiger partial charge is 0.444 e. The van der Waals surface area contributed by atoms with Gasteiger partial charge in [0.2, 0.25) is 0 Å². The number of rotatable bonds is 6. The monoisotopic (exact) mass is 289 g/mol. The number of unbranched alkanes of at least 4 members (excludes halogenated alkanes) is 1. The van der Waals surface area contributed by atoms with E-state index in [9.17, 15) is 14.4 Å². The second-order valence-electron chi connectivity index (χ2n) is 5.22. The molecule has 0 saturated carbocycles. The van der Waals surface area contributed by atoms with Crippen LogP contribution in [0.25, 0.3) is 0 Å². The number of nitrogens with one attached hydrogen (secondary N) is 1. The van der Waals surface area contributed by atoms with Gasteiger partial charge < -0.3 is 26.3 Å². The summed E-state index contributed by atoms with van der Waals surface area (Å²) in [7, 11) is 0. The first-order valence-electron chi connectivity index (χ1n) is 6.36. The molecule has 2 amide bonds. The third-order valence-corrected chi connectivity index (χ3v) is 2.12. The number of nitrogens with two attached hydrogens (primary N) is 2. The minimum absolute atomic E-state index is 0.280. The molecule has 8 nitrogen and oxygen atoms in total. The number of alkyl carbamates (subject to hydrolysis) is 1. The van der Waals surface area contributed by atoms with Crippen molar-refractivity contribution in [3.05, 3.63) is 0 Å². The van der Waals surface area contributed by atoms with Crippen LogP contribution in [0.4, 0.5) is 9.59 Å². The summed E-state index contributed by atoms with van der Waals surface area (Å²) >= 11 is 0. The van der Waals surface area contributed by atoms with Gasteiger partial charge in [-0.1, -0.05) is 0 Å². The third-order valence-electron chi connectivity index (χ3n) is 2.12. The number of primary amides is 1. The van der Waals surface area contributed by atoms with Crippen molar-refractivity contribution in [3.63, 3.8) is 0 Å². The predicted molar refractivity (Wildman–Crippen MR) is 71.7 cm³/mol. The number of amides is 2. The van der Waals surface area contributed by atoms with Crippen LogP contribution >= 0.6 is 0 Å². The minimum atomic E-state index is -1.22. The van der Waals surface area contributed by atoms with Gasteiger partial charge in [0.1, 0.15) is 11.6 Å². The van der Waals surface area contributed by atoms with Crippen LogP contribution in [0.1, 0.15) is 40.0 Å². The van der Waals surface area contributed by atoms with Gasteiger partial charge in [-0.25, -0.2) is 14.4 Å². The molecule has 0 aliphatic rings. The zero-order valence-corrected chi connectivity index (χ0v) is 12.1. The highest BCUT2D eigenvalue weighted by Crippen LogP contribution is 2.09. The number of hydrogen-bond acceptors (Lipinski definition) is 6. The van der Waals surface area contributed by atoms with Crippen LogP contribution in [0, 0.1) is 0 Å². The Morgan fingerprint density at radius 3 is 2.25 bits per heavy atom. The highest BCUT2D eigenvalue weighted by molar-refractivity contribution is 5.89. The lowest BCUT2D eigenvalue weighted by Gasteiger charge is -2.22. The first kappa shape index (κ1) is 18.2. The third kappa shape index (κ3) is 9.15. The lowest BCUT2D eigenvalue weighted by atomic mass is 10.1. The maximum Gasteiger partial charge on any atom is 0.412 e. The molecule has 1 unspecified atom stereocenters. The molecule has 0 aromatic rings. The van der Waals surface area contributed by atoms with E-state index in [0.717, 1.165) is 0 Å². The fourth-order valence-electron chi connectivity index (χ4n) is 1.36. The lowest BCUT2D eigenvalue weighted by molar-refractivity contribution is -0.139. The van der Waals surface area contributed by atoms with Crippen molar-refractivity contribution in [2.24, 2.45) is 11.5 Å². The quantitative estimate of drug-likeness (QED) is 0.373. The molecular weight excluding hydrogens is 266 g/mol. The summed E-state index contributed by atoms with van der Waals surface area (Å²) in [5.74, 6) is -0.916.